The van der Waals surface area contributed by atoms with Gasteiger partial charge in [-0.25, -0.2) is 4.98 Å². The first kappa shape index (κ1) is 14.2. The van der Waals surface area contributed by atoms with Crippen LogP contribution < -0.4 is 5.32 Å². The molecule has 2 rings (SSSR count). The molecule has 1 unspecified atom stereocenters. The molecule has 0 radical (unpaired) electrons. The minimum atomic E-state index is -0.0148. The van der Waals surface area contributed by atoms with Crippen LogP contribution in [0.4, 0.5) is 0 Å². The van der Waals surface area contributed by atoms with E-state index in [2.05, 4.69) is 24.1 Å². The normalized spacial score (nSPS) is 12.7. The number of nitrogens with zero attached hydrogens (tertiary/aromatic N) is 1. The number of hydrogen-bond acceptors (Lipinski definition) is 4. The molecule has 0 aliphatic heterocycles. The third-order valence-electron chi connectivity index (χ3n) is 3.09. The molecule has 0 aliphatic carbocycles. The van der Waals surface area contributed by atoms with Crippen molar-refractivity contribution in [3.05, 3.63) is 28.1 Å². The summed E-state index contributed by atoms with van der Waals surface area (Å²) >= 11 is 3.11. The first-order valence-corrected chi connectivity index (χ1v) is 8.00. The molecule has 0 bridgehead atoms. The molecule has 0 saturated heterocycles. The van der Waals surface area contributed by atoms with Crippen molar-refractivity contribution in [2.24, 2.45) is 5.92 Å². The first-order chi connectivity index (χ1) is 8.99. The Morgan fingerprint density at radius 3 is 2.68 bits per heavy atom. The molecule has 1 atom stereocenters. The second-order valence-corrected chi connectivity index (χ2v) is 6.86. The fraction of sp³-hybridized carbons (Fsp3) is 0.429. The van der Waals surface area contributed by atoms with Gasteiger partial charge in [0.25, 0.3) is 5.91 Å². The average molecular weight is 294 g/mol. The number of nitrogens with one attached hydrogen (secondary N) is 1. The Morgan fingerprint density at radius 1 is 1.37 bits per heavy atom. The summed E-state index contributed by atoms with van der Waals surface area (Å²) in [7, 11) is 0. The summed E-state index contributed by atoms with van der Waals surface area (Å²) in [5.74, 6) is 0.410. The van der Waals surface area contributed by atoms with Crippen molar-refractivity contribution in [1.82, 2.24) is 10.3 Å². The Morgan fingerprint density at radius 2 is 2.11 bits per heavy atom. The minimum absolute atomic E-state index is 0.0148. The summed E-state index contributed by atoms with van der Waals surface area (Å²) in [5, 5.41) is 5.98. The molecule has 2 aromatic rings. The van der Waals surface area contributed by atoms with Crippen LogP contribution in [0.5, 0.6) is 0 Å². The molecule has 0 saturated carbocycles. The second-order valence-electron chi connectivity index (χ2n) is 4.92. The largest absolute Gasteiger partial charge is 0.349 e. The summed E-state index contributed by atoms with van der Waals surface area (Å²) in [6.07, 6.45) is 0. The molecule has 0 spiro atoms. The molecule has 0 fully saturated rings. The number of carbonyl (C=O) groups is 1. The van der Waals surface area contributed by atoms with Gasteiger partial charge in [-0.2, -0.15) is 0 Å². The Kier molecular flexibility index (Phi) is 4.37. The maximum absolute atomic E-state index is 12.2. The molecular formula is C14H18N2OS2. The van der Waals surface area contributed by atoms with Crippen molar-refractivity contribution in [2.75, 3.05) is 0 Å². The summed E-state index contributed by atoms with van der Waals surface area (Å²) in [4.78, 5) is 18.6. The standard InChI is InChI=1S/C14H18N2OS2/c1-8(2)9(3)15-13(17)12-10(4)16-14(19-12)11-6-5-7-18-11/h5-9H,1-4H3,(H,15,17). The Bertz CT molecular complexity index is 558. The van der Waals surface area contributed by atoms with Crippen LogP contribution in [0.1, 0.15) is 36.1 Å². The van der Waals surface area contributed by atoms with E-state index in [1.54, 1.807) is 11.3 Å². The zero-order valence-electron chi connectivity index (χ0n) is 11.6. The summed E-state index contributed by atoms with van der Waals surface area (Å²) < 4.78 is 0. The quantitative estimate of drug-likeness (QED) is 0.927. The molecular weight excluding hydrogens is 276 g/mol. The summed E-state index contributed by atoms with van der Waals surface area (Å²) in [6.45, 7) is 8.12. The van der Waals surface area contributed by atoms with Crippen LogP contribution in [0.2, 0.25) is 0 Å². The van der Waals surface area contributed by atoms with E-state index >= 15 is 0 Å². The van der Waals surface area contributed by atoms with E-state index in [9.17, 15) is 4.79 Å². The molecule has 3 nitrogen and oxygen atoms in total. The lowest BCUT2D eigenvalue weighted by atomic mass is 10.1. The minimum Gasteiger partial charge on any atom is -0.349 e. The molecule has 102 valence electrons. The van der Waals surface area contributed by atoms with Crippen molar-refractivity contribution < 1.29 is 4.79 Å². The number of carbonyl (C=O) groups excluding carboxylic acids is 1. The lowest BCUT2D eigenvalue weighted by Crippen LogP contribution is -2.35. The highest BCUT2D eigenvalue weighted by molar-refractivity contribution is 7.22. The molecule has 1 N–H and O–H groups in total. The van der Waals surface area contributed by atoms with Gasteiger partial charge in [0.05, 0.1) is 10.6 Å². The van der Waals surface area contributed by atoms with Gasteiger partial charge in [-0.3, -0.25) is 4.79 Å². The number of hydrogen-bond donors (Lipinski definition) is 1. The maximum Gasteiger partial charge on any atom is 0.263 e. The zero-order chi connectivity index (χ0) is 14.0. The molecule has 19 heavy (non-hydrogen) atoms. The van der Waals surface area contributed by atoms with Crippen molar-refractivity contribution >= 4 is 28.6 Å². The number of thiazole rings is 1. The molecule has 0 aromatic carbocycles. The van der Waals surface area contributed by atoms with Gasteiger partial charge in [-0.05, 0) is 31.2 Å². The third-order valence-corrected chi connectivity index (χ3v) is 5.29. The maximum atomic E-state index is 12.2. The predicted octanol–water partition coefficient (Wildman–Crippen LogP) is 3.95. The van der Waals surface area contributed by atoms with Crippen molar-refractivity contribution in [3.8, 4) is 9.88 Å². The van der Waals surface area contributed by atoms with Gasteiger partial charge in [0.1, 0.15) is 9.88 Å². The van der Waals surface area contributed by atoms with Gasteiger partial charge >= 0.3 is 0 Å². The van der Waals surface area contributed by atoms with E-state index in [1.807, 2.05) is 31.4 Å². The number of rotatable bonds is 4. The van der Waals surface area contributed by atoms with E-state index in [1.165, 1.54) is 11.3 Å². The van der Waals surface area contributed by atoms with Gasteiger partial charge in [0.2, 0.25) is 0 Å². The van der Waals surface area contributed by atoms with Crippen molar-refractivity contribution in [3.63, 3.8) is 0 Å². The molecule has 0 aliphatic rings. The number of aromatic nitrogens is 1. The third kappa shape index (κ3) is 3.22. The van der Waals surface area contributed by atoms with Crippen LogP contribution >= 0.6 is 22.7 Å². The van der Waals surface area contributed by atoms with Crippen LogP contribution in [0.25, 0.3) is 9.88 Å². The van der Waals surface area contributed by atoms with Crippen molar-refractivity contribution in [2.45, 2.75) is 33.7 Å². The Hall–Kier alpha value is -1.20. The van der Waals surface area contributed by atoms with Gasteiger partial charge in [-0.1, -0.05) is 19.9 Å². The lowest BCUT2D eigenvalue weighted by Gasteiger charge is -2.16. The second kappa shape index (κ2) is 5.84. The van der Waals surface area contributed by atoms with Crippen LogP contribution in [0, 0.1) is 12.8 Å². The van der Waals surface area contributed by atoms with Crippen molar-refractivity contribution in [1.29, 1.82) is 0 Å². The Balaban J connectivity index is 2.19. The van der Waals surface area contributed by atoms with Crippen LogP contribution in [-0.2, 0) is 0 Å². The summed E-state index contributed by atoms with van der Waals surface area (Å²) in [5.41, 5.74) is 0.807. The number of aryl methyl sites for hydroxylation is 1. The molecule has 5 heteroatoms. The highest BCUT2D eigenvalue weighted by Gasteiger charge is 2.19. The number of amides is 1. The average Bonchev–Trinajstić information content (AvgIpc) is 2.96. The number of thiophene rings is 1. The lowest BCUT2D eigenvalue weighted by molar-refractivity contribution is 0.0934. The monoisotopic (exact) mass is 294 g/mol. The SMILES string of the molecule is Cc1nc(-c2cccs2)sc1C(=O)NC(C)C(C)C. The molecule has 2 heterocycles. The van der Waals surface area contributed by atoms with E-state index in [-0.39, 0.29) is 11.9 Å². The van der Waals surface area contributed by atoms with E-state index in [4.69, 9.17) is 0 Å². The smallest absolute Gasteiger partial charge is 0.263 e. The summed E-state index contributed by atoms with van der Waals surface area (Å²) in [6, 6.07) is 4.19. The highest BCUT2D eigenvalue weighted by Crippen LogP contribution is 2.31. The van der Waals surface area contributed by atoms with Crippen LogP contribution in [-0.4, -0.2) is 16.9 Å². The zero-order valence-corrected chi connectivity index (χ0v) is 13.2. The topological polar surface area (TPSA) is 42.0 Å². The van der Waals surface area contributed by atoms with E-state index in [0.29, 0.717) is 5.92 Å². The van der Waals surface area contributed by atoms with Gasteiger partial charge < -0.3 is 5.32 Å². The highest BCUT2D eigenvalue weighted by atomic mass is 32.1. The van der Waals surface area contributed by atoms with Gasteiger partial charge in [-0.15, -0.1) is 22.7 Å². The van der Waals surface area contributed by atoms with E-state index < -0.39 is 0 Å². The van der Waals surface area contributed by atoms with E-state index in [0.717, 1.165) is 20.5 Å². The van der Waals surface area contributed by atoms with Gasteiger partial charge in [0, 0.05) is 6.04 Å². The fourth-order valence-electron chi connectivity index (χ4n) is 1.55. The Labute approximate surface area is 121 Å². The van der Waals surface area contributed by atoms with Gasteiger partial charge in [0.15, 0.2) is 0 Å². The molecule has 1 amide bonds. The fourth-order valence-corrected chi connectivity index (χ4v) is 3.32. The predicted molar refractivity (Wildman–Crippen MR) is 81.9 cm³/mol. The molecule has 2 aromatic heterocycles. The van der Waals surface area contributed by atoms with Crippen LogP contribution in [0.15, 0.2) is 17.5 Å². The van der Waals surface area contributed by atoms with Crippen LogP contribution in [0.3, 0.4) is 0 Å². The first-order valence-electron chi connectivity index (χ1n) is 6.31.